The number of ether oxygens (including phenoxy) is 1. The third kappa shape index (κ3) is 4.16. The number of piperidine rings is 1. The molecule has 1 amide bonds. The number of nitrogen functional groups attached to an aromatic ring is 1. The van der Waals surface area contributed by atoms with Gasteiger partial charge in [-0.1, -0.05) is 12.1 Å². The zero-order valence-corrected chi connectivity index (χ0v) is 22.3. The fourth-order valence-electron chi connectivity index (χ4n) is 5.74. The third-order valence-electron chi connectivity index (χ3n) is 7.64. The molecule has 6 rings (SSSR count). The normalized spacial score (nSPS) is 22.6. The second kappa shape index (κ2) is 9.73. The van der Waals surface area contributed by atoms with Crippen LogP contribution in [-0.2, 0) is 10.3 Å². The van der Waals surface area contributed by atoms with Crippen LogP contribution in [0.4, 0.5) is 5.69 Å². The molecule has 1 aliphatic heterocycles. The zero-order chi connectivity index (χ0) is 27.3. The number of nitrogens with two attached hydrogens (primary N) is 3. The van der Waals surface area contributed by atoms with Crippen molar-refractivity contribution in [2.24, 2.45) is 11.5 Å². The Kier molecular flexibility index (Phi) is 6.35. The molecule has 2 aromatic carbocycles. The zero-order valence-electron chi connectivity index (χ0n) is 21.5. The van der Waals surface area contributed by atoms with Crippen molar-refractivity contribution >= 4 is 38.8 Å². The van der Waals surface area contributed by atoms with Crippen LogP contribution in [0.25, 0.3) is 10.1 Å². The van der Waals surface area contributed by atoms with Crippen molar-refractivity contribution in [3.8, 4) is 11.5 Å². The Labute approximate surface area is 229 Å². The Morgan fingerprint density at radius 3 is 2.74 bits per heavy atom. The van der Waals surface area contributed by atoms with E-state index in [9.17, 15) is 9.59 Å². The van der Waals surface area contributed by atoms with Crippen LogP contribution in [0, 0.1) is 6.92 Å². The molecule has 2 aromatic heterocycles. The van der Waals surface area contributed by atoms with Crippen LogP contribution in [0.15, 0.2) is 54.9 Å². The van der Waals surface area contributed by atoms with Crippen molar-refractivity contribution < 1.29 is 14.3 Å². The molecule has 3 unspecified atom stereocenters. The lowest BCUT2D eigenvalue weighted by Gasteiger charge is -2.37. The molecule has 3 atom stereocenters. The summed E-state index contributed by atoms with van der Waals surface area (Å²) in [5, 5.41) is 7.10. The Bertz CT molecular complexity index is 1600. The Morgan fingerprint density at radius 1 is 1.21 bits per heavy atom. The summed E-state index contributed by atoms with van der Waals surface area (Å²) in [5.41, 5.74) is 21.5. The number of nitrogens with zero attached hydrogens (tertiary/aromatic N) is 1. The molecule has 200 valence electrons. The molecule has 10 heteroatoms. The molecule has 9 nitrogen and oxygen atoms in total. The predicted octanol–water partition coefficient (Wildman–Crippen LogP) is 3.25. The van der Waals surface area contributed by atoms with Gasteiger partial charge < -0.3 is 32.6 Å². The number of amides is 1. The average Bonchev–Trinajstić information content (AvgIpc) is 3.35. The fourth-order valence-corrected chi connectivity index (χ4v) is 6.94. The van der Waals surface area contributed by atoms with Gasteiger partial charge in [-0.25, -0.2) is 0 Å². The van der Waals surface area contributed by atoms with Gasteiger partial charge in [-0.15, -0.1) is 11.3 Å². The number of aryl methyl sites for hydroxylation is 1. The lowest BCUT2D eigenvalue weighted by Crippen LogP contribution is -2.53. The summed E-state index contributed by atoms with van der Waals surface area (Å²) in [5.74, 6) is 0.569. The van der Waals surface area contributed by atoms with Gasteiger partial charge in [-0.05, 0) is 73.3 Å². The number of hydrogen-bond acceptors (Lipinski definition) is 9. The Hall–Kier alpha value is -3.83. The minimum absolute atomic E-state index is 0.0136. The van der Waals surface area contributed by atoms with E-state index >= 15 is 0 Å². The lowest BCUT2D eigenvalue weighted by molar-refractivity contribution is -0.124. The van der Waals surface area contributed by atoms with E-state index in [4.69, 9.17) is 21.9 Å². The fraction of sp³-hybridized carbons (Fsp3) is 0.276. The number of carbonyl (C=O) groups is 2. The van der Waals surface area contributed by atoms with Crippen LogP contribution in [0.2, 0.25) is 0 Å². The van der Waals surface area contributed by atoms with E-state index in [1.54, 1.807) is 42.7 Å². The highest BCUT2D eigenvalue weighted by atomic mass is 32.1. The molecule has 4 aromatic rings. The Balaban J connectivity index is 1.44. The van der Waals surface area contributed by atoms with Crippen molar-refractivity contribution in [3.63, 3.8) is 0 Å². The first-order valence-corrected chi connectivity index (χ1v) is 13.8. The summed E-state index contributed by atoms with van der Waals surface area (Å²) < 4.78 is 6.64. The first-order chi connectivity index (χ1) is 18.8. The second-order valence-corrected chi connectivity index (χ2v) is 11.2. The van der Waals surface area contributed by atoms with Gasteiger partial charge in [0.25, 0.3) is 5.91 Å². The van der Waals surface area contributed by atoms with E-state index < -0.39 is 11.6 Å². The number of nitrogens with one attached hydrogen (secondary N) is 2. The SMILES string of the molecule is Cc1cc(Oc2cccnc2)ccc1C1(N)C(=O)C(N)c2c(C(=O)NC3CCCNC3)sc3c(N)ccc1c23. The average molecular weight is 543 g/mol. The molecule has 1 fully saturated rings. The van der Waals surface area contributed by atoms with Gasteiger partial charge in [0.1, 0.15) is 17.0 Å². The maximum Gasteiger partial charge on any atom is 0.262 e. The Morgan fingerprint density at radius 2 is 2.03 bits per heavy atom. The number of aromatic nitrogens is 1. The van der Waals surface area contributed by atoms with Gasteiger partial charge in [0, 0.05) is 35.4 Å². The summed E-state index contributed by atoms with van der Waals surface area (Å²) in [4.78, 5) is 32.0. The quantitative estimate of drug-likeness (QED) is 0.240. The van der Waals surface area contributed by atoms with Crippen LogP contribution in [0.3, 0.4) is 0 Å². The third-order valence-corrected chi connectivity index (χ3v) is 8.90. The van der Waals surface area contributed by atoms with E-state index in [0.717, 1.165) is 24.9 Å². The number of thiophene rings is 1. The van der Waals surface area contributed by atoms with Gasteiger partial charge in [0.05, 0.1) is 21.8 Å². The van der Waals surface area contributed by atoms with Crippen LogP contribution in [-0.4, -0.2) is 35.8 Å². The number of pyridine rings is 1. The van der Waals surface area contributed by atoms with Crippen molar-refractivity contribution in [2.75, 3.05) is 18.8 Å². The minimum atomic E-state index is -1.53. The van der Waals surface area contributed by atoms with Gasteiger partial charge in [0.15, 0.2) is 5.78 Å². The molecule has 1 saturated heterocycles. The van der Waals surface area contributed by atoms with Gasteiger partial charge in [0.2, 0.25) is 0 Å². The predicted molar refractivity (Wildman–Crippen MR) is 152 cm³/mol. The van der Waals surface area contributed by atoms with Crippen molar-refractivity contribution in [1.29, 1.82) is 0 Å². The largest absolute Gasteiger partial charge is 0.456 e. The minimum Gasteiger partial charge on any atom is -0.456 e. The molecule has 2 aliphatic rings. The number of ketones is 1. The first kappa shape index (κ1) is 25.4. The van der Waals surface area contributed by atoms with Crippen LogP contribution in [0.5, 0.6) is 11.5 Å². The summed E-state index contributed by atoms with van der Waals surface area (Å²) in [7, 11) is 0. The molecule has 3 heterocycles. The summed E-state index contributed by atoms with van der Waals surface area (Å²) in [6.45, 7) is 3.53. The van der Waals surface area contributed by atoms with Crippen LogP contribution in [0.1, 0.15) is 50.8 Å². The van der Waals surface area contributed by atoms with E-state index in [2.05, 4.69) is 15.6 Å². The highest BCUT2D eigenvalue weighted by Crippen LogP contribution is 2.50. The van der Waals surface area contributed by atoms with Gasteiger partial charge in [-0.3, -0.25) is 14.6 Å². The number of Topliss-reactive ketones (excluding diaryl/α,β-unsaturated/α-hetero) is 1. The highest BCUT2D eigenvalue weighted by Gasteiger charge is 2.49. The monoisotopic (exact) mass is 542 g/mol. The molecular weight excluding hydrogens is 512 g/mol. The van der Waals surface area contributed by atoms with E-state index in [1.807, 2.05) is 19.1 Å². The number of anilines is 1. The maximum absolute atomic E-state index is 14.1. The van der Waals surface area contributed by atoms with E-state index in [0.29, 0.717) is 55.4 Å². The molecule has 0 radical (unpaired) electrons. The van der Waals surface area contributed by atoms with Gasteiger partial charge in [-0.2, -0.15) is 0 Å². The van der Waals surface area contributed by atoms with Crippen molar-refractivity contribution in [1.82, 2.24) is 15.6 Å². The molecule has 0 saturated carbocycles. The standard InChI is InChI=1S/C29H30N6O3S/c1-15-12-17(38-18-5-3-11-34-14-18)6-7-19(15)29(32)20-8-9-21(30)25-22(20)23(24(31)27(29)36)26(39-25)28(37)35-16-4-2-10-33-13-16/h3,5-9,11-12,14,16,24,33H,2,4,10,13,30-32H2,1H3,(H,35,37). The number of benzene rings is 2. The molecule has 0 bridgehead atoms. The lowest BCUT2D eigenvalue weighted by atomic mass is 9.69. The molecule has 39 heavy (non-hydrogen) atoms. The number of hydrogen-bond donors (Lipinski definition) is 5. The maximum atomic E-state index is 14.1. The van der Waals surface area contributed by atoms with E-state index in [1.165, 1.54) is 11.3 Å². The summed E-state index contributed by atoms with van der Waals surface area (Å²) in [6, 6.07) is 11.5. The van der Waals surface area contributed by atoms with E-state index in [-0.39, 0.29) is 17.7 Å². The number of carbonyl (C=O) groups excluding carboxylic acids is 2. The smallest absolute Gasteiger partial charge is 0.262 e. The molecule has 0 spiro atoms. The van der Waals surface area contributed by atoms with Crippen molar-refractivity contribution in [3.05, 3.63) is 82.0 Å². The summed E-state index contributed by atoms with van der Waals surface area (Å²) >= 11 is 1.26. The number of rotatable bonds is 5. The molecule has 8 N–H and O–H groups in total. The second-order valence-electron chi connectivity index (χ2n) is 10.2. The van der Waals surface area contributed by atoms with Crippen LogP contribution < -0.4 is 32.6 Å². The molecular formula is C29H30N6O3S. The van der Waals surface area contributed by atoms with Crippen molar-refractivity contribution in [2.45, 2.75) is 37.4 Å². The summed E-state index contributed by atoms with van der Waals surface area (Å²) in [6.07, 6.45) is 5.17. The van der Waals surface area contributed by atoms with Gasteiger partial charge >= 0.3 is 0 Å². The van der Waals surface area contributed by atoms with Crippen LogP contribution >= 0.6 is 11.3 Å². The highest BCUT2D eigenvalue weighted by molar-refractivity contribution is 7.21. The molecule has 1 aliphatic carbocycles. The topological polar surface area (TPSA) is 158 Å². The first-order valence-electron chi connectivity index (χ1n) is 12.9.